The van der Waals surface area contributed by atoms with E-state index in [0.29, 0.717) is 12.5 Å². The fourth-order valence-corrected chi connectivity index (χ4v) is 2.05. The van der Waals surface area contributed by atoms with Crippen LogP contribution < -0.4 is 16.0 Å². The van der Waals surface area contributed by atoms with Crippen LogP contribution in [0.25, 0.3) is 0 Å². The largest absolute Gasteiger partial charge is 0.370 e. The van der Waals surface area contributed by atoms with Crippen LogP contribution in [0.15, 0.2) is 30.3 Å². The highest BCUT2D eigenvalue weighted by Gasteiger charge is 2.16. The van der Waals surface area contributed by atoms with Gasteiger partial charge >= 0.3 is 0 Å². The SMILES string of the molecule is CC(C)C[C@H](N)C(=O)NCC(C)N(C)c1ccccc1.Cl.Cl. The van der Waals surface area contributed by atoms with Gasteiger partial charge in [0.25, 0.3) is 0 Å². The summed E-state index contributed by atoms with van der Waals surface area (Å²) in [4.78, 5) is 14.0. The number of nitrogens with zero attached hydrogens (tertiary/aromatic N) is 1. The van der Waals surface area contributed by atoms with E-state index in [-0.39, 0.29) is 36.8 Å². The van der Waals surface area contributed by atoms with E-state index in [1.54, 1.807) is 0 Å². The van der Waals surface area contributed by atoms with Crippen LogP contribution in [0, 0.1) is 5.92 Å². The van der Waals surface area contributed by atoms with Crippen molar-refractivity contribution in [2.45, 2.75) is 39.3 Å². The van der Waals surface area contributed by atoms with Gasteiger partial charge in [0.1, 0.15) is 0 Å². The second kappa shape index (κ2) is 11.6. The maximum atomic E-state index is 11.9. The van der Waals surface area contributed by atoms with E-state index in [1.165, 1.54) is 0 Å². The molecule has 1 unspecified atom stereocenters. The zero-order valence-electron chi connectivity index (χ0n) is 13.8. The smallest absolute Gasteiger partial charge is 0.236 e. The summed E-state index contributed by atoms with van der Waals surface area (Å²) >= 11 is 0. The molecule has 1 aromatic rings. The minimum atomic E-state index is -0.413. The molecular formula is C16H29Cl2N3O. The molecule has 0 heterocycles. The molecule has 0 aliphatic rings. The maximum Gasteiger partial charge on any atom is 0.236 e. The first-order chi connectivity index (χ1) is 9.41. The number of anilines is 1. The third kappa shape index (κ3) is 7.87. The molecule has 3 N–H and O–H groups in total. The van der Waals surface area contributed by atoms with Crippen LogP contribution in [-0.2, 0) is 4.79 Å². The first kappa shape index (κ1) is 23.3. The molecule has 1 amide bonds. The molecule has 0 aromatic heterocycles. The van der Waals surface area contributed by atoms with Crippen molar-refractivity contribution in [3.63, 3.8) is 0 Å². The summed E-state index contributed by atoms with van der Waals surface area (Å²) < 4.78 is 0. The van der Waals surface area contributed by atoms with E-state index < -0.39 is 6.04 Å². The van der Waals surface area contributed by atoms with Crippen molar-refractivity contribution >= 4 is 36.4 Å². The fourth-order valence-electron chi connectivity index (χ4n) is 2.05. The summed E-state index contributed by atoms with van der Waals surface area (Å²) in [5.41, 5.74) is 7.01. The molecule has 128 valence electrons. The number of rotatable bonds is 7. The Hall–Kier alpha value is -0.970. The Morgan fingerprint density at radius 3 is 2.23 bits per heavy atom. The van der Waals surface area contributed by atoms with Crippen LogP contribution in [-0.4, -0.2) is 31.6 Å². The van der Waals surface area contributed by atoms with Crippen molar-refractivity contribution in [1.29, 1.82) is 0 Å². The monoisotopic (exact) mass is 349 g/mol. The number of nitrogens with two attached hydrogens (primary N) is 1. The molecule has 0 bridgehead atoms. The molecule has 0 fully saturated rings. The van der Waals surface area contributed by atoms with E-state index in [0.717, 1.165) is 12.1 Å². The lowest BCUT2D eigenvalue weighted by molar-refractivity contribution is -0.122. The van der Waals surface area contributed by atoms with Gasteiger partial charge in [-0.25, -0.2) is 0 Å². The Labute approximate surface area is 146 Å². The molecule has 0 aliphatic heterocycles. The highest BCUT2D eigenvalue weighted by Crippen LogP contribution is 2.13. The number of benzene rings is 1. The number of carbonyl (C=O) groups excluding carboxylic acids is 1. The highest BCUT2D eigenvalue weighted by atomic mass is 35.5. The molecule has 1 rings (SSSR count). The van der Waals surface area contributed by atoms with Gasteiger partial charge in [-0.3, -0.25) is 4.79 Å². The van der Waals surface area contributed by atoms with Gasteiger partial charge in [0.2, 0.25) is 5.91 Å². The first-order valence-electron chi connectivity index (χ1n) is 7.23. The fraction of sp³-hybridized carbons (Fsp3) is 0.562. The predicted molar refractivity (Wildman–Crippen MR) is 99.2 cm³/mol. The lowest BCUT2D eigenvalue weighted by Crippen LogP contribution is -2.46. The van der Waals surface area contributed by atoms with Crippen LogP contribution >= 0.6 is 24.8 Å². The standard InChI is InChI=1S/C16H27N3O.2ClH/c1-12(2)10-15(17)16(20)18-11-13(3)19(4)14-8-6-5-7-9-14;;/h5-9,12-13,15H,10-11,17H2,1-4H3,(H,18,20);2*1H/t13?,15-;;/m0../s1. The lowest BCUT2D eigenvalue weighted by atomic mass is 10.0. The van der Waals surface area contributed by atoms with E-state index in [1.807, 2.05) is 25.2 Å². The van der Waals surface area contributed by atoms with Gasteiger partial charge in [0.15, 0.2) is 0 Å². The quantitative estimate of drug-likeness (QED) is 0.795. The lowest BCUT2D eigenvalue weighted by Gasteiger charge is -2.27. The summed E-state index contributed by atoms with van der Waals surface area (Å²) in [5.74, 6) is 0.368. The van der Waals surface area contributed by atoms with E-state index in [2.05, 4.69) is 43.1 Å². The predicted octanol–water partition coefficient (Wildman–Crippen LogP) is 2.84. The van der Waals surface area contributed by atoms with Crippen LogP contribution in [0.2, 0.25) is 0 Å². The Kier molecular flexibility index (Phi) is 12.3. The summed E-state index contributed by atoms with van der Waals surface area (Å²) in [6, 6.07) is 9.93. The highest BCUT2D eigenvalue weighted by molar-refractivity contribution is 5.85. The zero-order valence-corrected chi connectivity index (χ0v) is 15.4. The topological polar surface area (TPSA) is 58.4 Å². The summed E-state index contributed by atoms with van der Waals surface area (Å²) in [5, 5.41) is 2.93. The van der Waals surface area contributed by atoms with Crippen LogP contribution in [0.4, 0.5) is 5.69 Å². The number of amides is 1. The minimum Gasteiger partial charge on any atom is -0.370 e. The van der Waals surface area contributed by atoms with Crippen LogP contribution in [0.3, 0.4) is 0 Å². The number of hydrogen-bond acceptors (Lipinski definition) is 3. The number of carbonyl (C=O) groups is 1. The number of halogens is 2. The second-order valence-corrected chi connectivity index (χ2v) is 5.78. The summed E-state index contributed by atoms with van der Waals surface area (Å²) in [6.07, 6.45) is 0.717. The van der Waals surface area contributed by atoms with Gasteiger partial charge in [0.05, 0.1) is 6.04 Å². The van der Waals surface area contributed by atoms with Crippen molar-refractivity contribution in [3.05, 3.63) is 30.3 Å². The van der Waals surface area contributed by atoms with Crippen LogP contribution in [0.1, 0.15) is 27.2 Å². The Balaban J connectivity index is 0. The summed E-state index contributed by atoms with van der Waals surface area (Å²) in [7, 11) is 2.03. The third-order valence-corrected chi connectivity index (χ3v) is 3.46. The molecule has 0 aliphatic carbocycles. The minimum absolute atomic E-state index is 0. The van der Waals surface area contributed by atoms with Gasteiger partial charge in [0, 0.05) is 25.3 Å². The molecule has 1 aromatic carbocycles. The molecule has 0 spiro atoms. The molecule has 0 saturated heterocycles. The van der Waals surface area contributed by atoms with Gasteiger partial charge in [-0.1, -0.05) is 32.0 Å². The molecule has 2 atom stereocenters. The van der Waals surface area contributed by atoms with Gasteiger partial charge in [-0.15, -0.1) is 24.8 Å². The van der Waals surface area contributed by atoms with Crippen molar-refractivity contribution in [2.24, 2.45) is 11.7 Å². The van der Waals surface area contributed by atoms with Gasteiger partial charge in [-0.05, 0) is 31.4 Å². The van der Waals surface area contributed by atoms with Crippen molar-refractivity contribution < 1.29 is 4.79 Å². The molecule has 4 nitrogen and oxygen atoms in total. The average molecular weight is 350 g/mol. The van der Waals surface area contributed by atoms with E-state index >= 15 is 0 Å². The molecule has 0 saturated carbocycles. The Morgan fingerprint density at radius 1 is 1.18 bits per heavy atom. The number of hydrogen-bond donors (Lipinski definition) is 2. The van der Waals surface area contributed by atoms with Crippen molar-refractivity contribution in [3.8, 4) is 0 Å². The molecular weight excluding hydrogens is 321 g/mol. The Morgan fingerprint density at radius 2 is 1.73 bits per heavy atom. The zero-order chi connectivity index (χ0) is 15.1. The maximum absolute atomic E-state index is 11.9. The Bertz CT molecular complexity index is 415. The third-order valence-electron chi connectivity index (χ3n) is 3.46. The average Bonchev–Trinajstić information content (AvgIpc) is 2.43. The second-order valence-electron chi connectivity index (χ2n) is 5.78. The van der Waals surface area contributed by atoms with E-state index in [4.69, 9.17) is 5.73 Å². The van der Waals surface area contributed by atoms with E-state index in [9.17, 15) is 4.79 Å². The first-order valence-corrected chi connectivity index (χ1v) is 7.23. The molecule has 6 heteroatoms. The number of para-hydroxylation sites is 1. The molecule has 22 heavy (non-hydrogen) atoms. The van der Waals surface area contributed by atoms with Crippen LogP contribution in [0.5, 0.6) is 0 Å². The van der Waals surface area contributed by atoms with Gasteiger partial charge < -0.3 is 16.0 Å². The molecule has 0 radical (unpaired) electrons. The summed E-state index contributed by atoms with van der Waals surface area (Å²) in [6.45, 7) is 6.81. The normalized spacial score (nSPS) is 12.6. The number of nitrogens with one attached hydrogen (secondary N) is 1. The number of likely N-dealkylation sites (N-methyl/N-ethyl adjacent to an activating group) is 1. The van der Waals surface area contributed by atoms with Crippen molar-refractivity contribution in [2.75, 3.05) is 18.5 Å². The van der Waals surface area contributed by atoms with Gasteiger partial charge in [-0.2, -0.15) is 0 Å². The van der Waals surface area contributed by atoms with Crippen molar-refractivity contribution in [1.82, 2.24) is 5.32 Å².